The number of fused-ring (bicyclic) bond motifs is 1. The van der Waals surface area contributed by atoms with Crippen LogP contribution in [0.1, 0.15) is 39.1 Å². The first-order valence-electron chi connectivity index (χ1n) is 12.6. The van der Waals surface area contributed by atoms with Crippen molar-refractivity contribution >= 4 is 22.7 Å². The molecule has 1 aromatic heterocycles. The second kappa shape index (κ2) is 11.1. The van der Waals surface area contributed by atoms with Crippen molar-refractivity contribution in [3.8, 4) is 0 Å². The summed E-state index contributed by atoms with van der Waals surface area (Å²) in [7, 11) is 0. The molecule has 35 heavy (non-hydrogen) atoms. The van der Waals surface area contributed by atoms with Crippen LogP contribution in [0.5, 0.6) is 0 Å². The van der Waals surface area contributed by atoms with Crippen LogP contribution in [-0.2, 0) is 22.4 Å². The maximum absolute atomic E-state index is 13.2. The van der Waals surface area contributed by atoms with Crippen molar-refractivity contribution in [3.05, 3.63) is 71.4 Å². The minimum atomic E-state index is 0.0880. The number of aryl methyl sites for hydroxylation is 2. The van der Waals surface area contributed by atoms with Gasteiger partial charge in [-0.1, -0.05) is 30.3 Å². The third kappa shape index (κ3) is 5.41. The Hall–Kier alpha value is -3.16. The second-order valence-electron chi connectivity index (χ2n) is 9.22. The molecule has 2 amide bonds. The largest absolute Gasteiger partial charge is 0.378 e. The van der Waals surface area contributed by atoms with E-state index in [0.29, 0.717) is 52.6 Å². The smallest absolute Gasteiger partial charge is 0.256 e. The molecule has 3 heterocycles. The summed E-state index contributed by atoms with van der Waals surface area (Å²) in [4.78, 5) is 29.7. The number of ether oxygens (including phenoxy) is 2. The second-order valence-corrected chi connectivity index (χ2v) is 9.22. The molecule has 3 aromatic rings. The summed E-state index contributed by atoms with van der Waals surface area (Å²) in [5.74, 6) is 0.177. The van der Waals surface area contributed by atoms with Gasteiger partial charge in [0.2, 0.25) is 0 Å². The summed E-state index contributed by atoms with van der Waals surface area (Å²) < 4.78 is 13.0. The predicted molar refractivity (Wildman–Crippen MR) is 135 cm³/mol. The summed E-state index contributed by atoms with van der Waals surface area (Å²) >= 11 is 0. The van der Waals surface area contributed by atoms with Crippen LogP contribution in [0.25, 0.3) is 10.9 Å². The molecule has 184 valence electrons. The third-order valence-electron chi connectivity index (χ3n) is 6.90. The highest BCUT2D eigenvalue weighted by molar-refractivity contribution is 6.07. The fourth-order valence-corrected chi connectivity index (χ4v) is 4.96. The van der Waals surface area contributed by atoms with Crippen molar-refractivity contribution in [2.45, 2.75) is 25.8 Å². The minimum absolute atomic E-state index is 0.0880. The van der Waals surface area contributed by atoms with Gasteiger partial charge < -0.3 is 23.8 Å². The van der Waals surface area contributed by atoms with Crippen LogP contribution in [0.15, 0.2) is 54.7 Å². The van der Waals surface area contributed by atoms with E-state index in [4.69, 9.17) is 9.47 Å². The molecule has 0 radical (unpaired) electrons. The van der Waals surface area contributed by atoms with E-state index in [2.05, 4.69) is 16.7 Å². The van der Waals surface area contributed by atoms with Gasteiger partial charge in [-0.2, -0.15) is 0 Å². The number of benzene rings is 2. The summed E-state index contributed by atoms with van der Waals surface area (Å²) in [5.41, 5.74) is 3.82. The zero-order valence-electron chi connectivity index (χ0n) is 20.2. The maximum Gasteiger partial charge on any atom is 0.256 e. The number of aromatic nitrogens is 1. The molecule has 7 nitrogen and oxygen atoms in total. The van der Waals surface area contributed by atoms with E-state index in [-0.39, 0.29) is 11.8 Å². The first-order valence-corrected chi connectivity index (χ1v) is 12.6. The molecule has 2 fully saturated rings. The van der Waals surface area contributed by atoms with E-state index in [1.165, 1.54) is 5.56 Å². The Bertz CT molecular complexity index is 1180. The summed E-state index contributed by atoms with van der Waals surface area (Å²) in [6, 6.07) is 16.2. The fraction of sp³-hybridized carbons (Fsp3) is 0.429. The van der Waals surface area contributed by atoms with Gasteiger partial charge in [0, 0.05) is 55.4 Å². The number of para-hydroxylation sites is 1. The van der Waals surface area contributed by atoms with Crippen LogP contribution in [0.2, 0.25) is 0 Å². The molecule has 0 aliphatic carbocycles. The van der Waals surface area contributed by atoms with Crippen LogP contribution in [0.4, 0.5) is 0 Å². The highest BCUT2D eigenvalue weighted by Crippen LogP contribution is 2.24. The summed E-state index contributed by atoms with van der Waals surface area (Å²) in [6.45, 7) is 5.87. The van der Waals surface area contributed by atoms with Gasteiger partial charge in [0.05, 0.1) is 32.0 Å². The number of hydrogen-bond donors (Lipinski definition) is 0. The number of unbranched alkanes of at least 4 members (excludes halogenated alkanes) is 1. The van der Waals surface area contributed by atoms with Gasteiger partial charge in [0.25, 0.3) is 11.8 Å². The van der Waals surface area contributed by atoms with Crippen molar-refractivity contribution in [3.63, 3.8) is 0 Å². The Morgan fingerprint density at radius 1 is 0.771 bits per heavy atom. The van der Waals surface area contributed by atoms with Gasteiger partial charge in [0.1, 0.15) is 0 Å². The Balaban J connectivity index is 1.21. The van der Waals surface area contributed by atoms with E-state index in [1.807, 2.05) is 52.4 Å². The number of amides is 2. The average molecular weight is 476 g/mol. The third-order valence-corrected chi connectivity index (χ3v) is 6.90. The van der Waals surface area contributed by atoms with Crippen molar-refractivity contribution in [2.75, 3.05) is 52.6 Å². The Labute approximate surface area is 206 Å². The van der Waals surface area contributed by atoms with Gasteiger partial charge in [-0.15, -0.1) is 0 Å². The van der Waals surface area contributed by atoms with Crippen LogP contribution in [0, 0.1) is 0 Å². The summed E-state index contributed by atoms with van der Waals surface area (Å²) in [6.07, 6.45) is 4.94. The highest BCUT2D eigenvalue weighted by atomic mass is 16.5. The van der Waals surface area contributed by atoms with Crippen LogP contribution < -0.4 is 0 Å². The number of carbonyl (C=O) groups excluding carboxylic acids is 2. The summed E-state index contributed by atoms with van der Waals surface area (Å²) in [5, 5.41) is 1.01. The van der Waals surface area contributed by atoms with Crippen molar-refractivity contribution in [1.29, 1.82) is 0 Å². The molecular weight excluding hydrogens is 442 g/mol. The van der Waals surface area contributed by atoms with Crippen molar-refractivity contribution < 1.29 is 19.1 Å². The molecule has 0 saturated carbocycles. The predicted octanol–water partition coefficient (Wildman–Crippen LogP) is 3.61. The molecule has 7 heteroatoms. The topological polar surface area (TPSA) is 64.0 Å². The van der Waals surface area contributed by atoms with E-state index in [9.17, 15) is 9.59 Å². The van der Waals surface area contributed by atoms with Gasteiger partial charge in [-0.25, -0.2) is 0 Å². The van der Waals surface area contributed by atoms with Gasteiger partial charge in [0.15, 0.2) is 0 Å². The SMILES string of the molecule is O=C(c1cccc(CCCCn2cc(C(=O)N3CCOCC3)c3ccccc32)c1)N1CCOCC1. The van der Waals surface area contributed by atoms with Crippen molar-refractivity contribution in [2.24, 2.45) is 0 Å². The number of carbonyl (C=O) groups is 2. The van der Waals surface area contributed by atoms with Crippen LogP contribution in [0.3, 0.4) is 0 Å². The minimum Gasteiger partial charge on any atom is -0.378 e. The maximum atomic E-state index is 13.2. The molecule has 5 rings (SSSR count). The lowest BCUT2D eigenvalue weighted by Gasteiger charge is -2.27. The molecule has 2 aromatic carbocycles. The molecule has 0 unspecified atom stereocenters. The monoisotopic (exact) mass is 475 g/mol. The van der Waals surface area contributed by atoms with E-state index in [1.54, 1.807) is 0 Å². The lowest BCUT2D eigenvalue weighted by molar-refractivity contribution is 0.0301. The Morgan fingerprint density at radius 3 is 2.20 bits per heavy atom. The zero-order chi connectivity index (χ0) is 24.0. The molecule has 0 N–H and O–H groups in total. The lowest BCUT2D eigenvalue weighted by atomic mass is 10.0. The number of nitrogens with zero attached hydrogens (tertiary/aromatic N) is 3. The molecule has 2 aliphatic rings. The van der Waals surface area contributed by atoms with Gasteiger partial charge >= 0.3 is 0 Å². The molecule has 0 spiro atoms. The van der Waals surface area contributed by atoms with Gasteiger partial charge in [-0.3, -0.25) is 9.59 Å². The fourth-order valence-electron chi connectivity index (χ4n) is 4.96. The molecule has 2 saturated heterocycles. The standard InChI is InChI=1S/C28H33N3O4/c32-27(29-12-16-34-17-13-29)23-8-5-7-22(20-23)6-3-4-11-31-21-25(24-9-1-2-10-26(24)31)28(33)30-14-18-35-19-15-30/h1-2,5,7-10,20-21H,3-4,6,11-19H2. The van der Waals surface area contributed by atoms with E-state index < -0.39 is 0 Å². The van der Waals surface area contributed by atoms with Gasteiger partial charge in [-0.05, 0) is 43.0 Å². The van der Waals surface area contributed by atoms with Crippen LogP contribution in [-0.4, -0.2) is 78.8 Å². The molecule has 0 atom stereocenters. The van der Waals surface area contributed by atoms with Crippen molar-refractivity contribution in [1.82, 2.24) is 14.4 Å². The highest BCUT2D eigenvalue weighted by Gasteiger charge is 2.22. The number of rotatable bonds is 7. The first-order chi connectivity index (χ1) is 17.2. The van der Waals surface area contributed by atoms with Crippen LogP contribution >= 0.6 is 0 Å². The molecule has 0 bridgehead atoms. The first kappa shape index (κ1) is 23.6. The van der Waals surface area contributed by atoms with E-state index in [0.717, 1.165) is 47.8 Å². The quantitative estimate of drug-likeness (QED) is 0.490. The molecule has 2 aliphatic heterocycles. The Morgan fingerprint density at radius 2 is 1.46 bits per heavy atom. The Kier molecular flexibility index (Phi) is 7.45. The normalized spacial score (nSPS) is 16.6. The number of morpholine rings is 2. The lowest BCUT2D eigenvalue weighted by Crippen LogP contribution is -2.40. The average Bonchev–Trinajstić information content (AvgIpc) is 3.30. The molecular formula is C28H33N3O4. The van der Waals surface area contributed by atoms with E-state index >= 15 is 0 Å². The zero-order valence-corrected chi connectivity index (χ0v) is 20.2. The number of hydrogen-bond acceptors (Lipinski definition) is 4.